The number of hydrogen-bond donors (Lipinski definition) is 2. The van der Waals surface area contributed by atoms with Crippen LogP contribution in [0.1, 0.15) is 71.6 Å². The first-order valence-corrected chi connectivity index (χ1v) is 10.6. The summed E-state index contributed by atoms with van der Waals surface area (Å²) in [4.78, 5) is 0. The summed E-state index contributed by atoms with van der Waals surface area (Å²) in [6, 6.07) is 0.503. The fraction of sp³-hybridized carbons (Fsp3) is 1.00. The topological polar surface area (TPSA) is 38.0 Å². The van der Waals surface area contributed by atoms with Crippen molar-refractivity contribution in [1.82, 2.24) is 5.43 Å². The number of rotatable bonds is 11. The molecule has 0 aromatic rings. The van der Waals surface area contributed by atoms with E-state index in [1.54, 1.807) is 0 Å². The second kappa shape index (κ2) is 12.2. The van der Waals surface area contributed by atoms with E-state index in [0.29, 0.717) is 11.3 Å². The smallest absolute Gasteiger partial charge is 0.0340 e. The third kappa shape index (κ3) is 7.58. The summed E-state index contributed by atoms with van der Waals surface area (Å²) >= 11 is 4.23. The Morgan fingerprint density at radius 1 is 1.00 bits per heavy atom. The van der Waals surface area contributed by atoms with Crippen molar-refractivity contribution in [3.63, 3.8) is 0 Å². The molecule has 3 unspecified atom stereocenters. The van der Waals surface area contributed by atoms with Crippen molar-refractivity contribution in [2.75, 3.05) is 11.5 Å². The first kappa shape index (κ1) is 18.7. The van der Waals surface area contributed by atoms with Crippen molar-refractivity contribution in [3.05, 3.63) is 0 Å². The Morgan fingerprint density at radius 2 is 1.60 bits per heavy atom. The highest BCUT2D eigenvalue weighted by Crippen LogP contribution is 2.34. The van der Waals surface area contributed by atoms with Crippen LogP contribution in [0.15, 0.2) is 0 Å². The molecule has 3 atom stereocenters. The fourth-order valence-corrected chi connectivity index (χ4v) is 5.91. The third-order valence-electron chi connectivity index (χ3n) is 4.22. The second-order valence-electron chi connectivity index (χ2n) is 5.95. The molecule has 0 spiro atoms. The molecule has 1 saturated heterocycles. The minimum atomic E-state index is 0.503. The SMILES string of the molecule is CCCCCCCCCCC(NN)C1SCCSC1C. The number of nitrogens with two attached hydrogens (primary N) is 1. The van der Waals surface area contributed by atoms with Gasteiger partial charge in [-0.05, 0) is 6.42 Å². The molecule has 20 heavy (non-hydrogen) atoms. The zero-order valence-corrected chi connectivity index (χ0v) is 15.0. The van der Waals surface area contributed by atoms with Gasteiger partial charge in [-0.2, -0.15) is 23.5 Å². The van der Waals surface area contributed by atoms with Gasteiger partial charge in [0.25, 0.3) is 0 Å². The number of hydrazine groups is 1. The van der Waals surface area contributed by atoms with Crippen LogP contribution in [0.4, 0.5) is 0 Å². The van der Waals surface area contributed by atoms with Crippen molar-refractivity contribution in [2.45, 2.75) is 88.2 Å². The van der Waals surface area contributed by atoms with Crippen LogP contribution in [-0.4, -0.2) is 28.0 Å². The van der Waals surface area contributed by atoms with E-state index in [1.807, 2.05) is 0 Å². The maximum Gasteiger partial charge on any atom is 0.0340 e. The van der Waals surface area contributed by atoms with Crippen LogP contribution >= 0.6 is 23.5 Å². The van der Waals surface area contributed by atoms with E-state index >= 15 is 0 Å². The average Bonchev–Trinajstić information content (AvgIpc) is 2.47. The van der Waals surface area contributed by atoms with Gasteiger partial charge in [0, 0.05) is 28.0 Å². The van der Waals surface area contributed by atoms with Gasteiger partial charge in [0.15, 0.2) is 0 Å². The zero-order valence-electron chi connectivity index (χ0n) is 13.4. The lowest BCUT2D eigenvalue weighted by atomic mass is 10.0. The van der Waals surface area contributed by atoms with Gasteiger partial charge >= 0.3 is 0 Å². The van der Waals surface area contributed by atoms with Crippen LogP contribution in [0.3, 0.4) is 0 Å². The molecular formula is C16H34N2S2. The summed E-state index contributed by atoms with van der Waals surface area (Å²) in [5.74, 6) is 8.38. The van der Waals surface area contributed by atoms with Crippen LogP contribution in [0, 0.1) is 0 Å². The molecule has 2 nitrogen and oxygen atoms in total. The van der Waals surface area contributed by atoms with E-state index in [0.717, 1.165) is 5.25 Å². The fourth-order valence-electron chi connectivity index (χ4n) is 2.93. The maximum atomic E-state index is 5.79. The summed E-state index contributed by atoms with van der Waals surface area (Å²) < 4.78 is 0. The van der Waals surface area contributed by atoms with Gasteiger partial charge in [0.1, 0.15) is 0 Å². The average molecular weight is 319 g/mol. The van der Waals surface area contributed by atoms with Crippen molar-refractivity contribution >= 4 is 23.5 Å². The molecule has 0 bridgehead atoms. The van der Waals surface area contributed by atoms with Gasteiger partial charge in [-0.15, -0.1) is 0 Å². The van der Waals surface area contributed by atoms with E-state index < -0.39 is 0 Å². The molecule has 1 rings (SSSR count). The van der Waals surface area contributed by atoms with Crippen molar-refractivity contribution in [2.24, 2.45) is 5.84 Å². The summed E-state index contributed by atoms with van der Waals surface area (Å²) in [5.41, 5.74) is 3.09. The molecule has 0 aliphatic carbocycles. The van der Waals surface area contributed by atoms with Crippen LogP contribution in [0.5, 0.6) is 0 Å². The van der Waals surface area contributed by atoms with Gasteiger partial charge in [0.2, 0.25) is 0 Å². The van der Waals surface area contributed by atoms with E-state index in [9.17, 15) is 0 Å². The maximum absolute atomic E-state index is 5.79. The predicted octanol–water partition coefficient (Wildman–Crippen LogP) is 4.59. The predicted molar refractivity (Wildman–Crippen MR) is 96.5 cm³/mol. The molecule has 0 radical (unpaired) electrons. The number of hydrogen-bond acceptors (Lipinski definition) is 4. The van der Waals surface area contributed by atoms with E-state index in [1.165, 1.54) is 69.3 Å². The minimum Gasteiger partial charge on any atom is -0.271 e. The first-order chi connectivity index (χ1) is 9.79. The van der Waals surface area contributed by atoms with Gasteiger partial charge in [0.05, 0.1) is 0 Å². The van der Waals surface area contributed by atoms with Gasteiger partial charge in [-0.1, -0.05) is 65.2 Å². The Morgan fingerprint density at radius 3 is 2.20 bits per heavy atom. The molecule has 1 heterocycles. The lowest BCUT2D eigenvalue weighted by Gasteiger charge is -2.34. The standard InChI is InChI=1S/C16H34N2S2/c1-3-4-5-6-7-8-9-10-11-15(18-17)16-14(2)19-12-13-20-16/h14-16,18H,3-13,17H2,1-2H3. The molecule has 1 aliphatic heterocycles. The molecule has 4 heteroatoms. The molecule has 0 saturated carbocycles. The Kier molecular flexibility index (Phi) is 11.4. The Balaban J connectivity index is 2.06. The Hall–Kier alpha value is 0.620. The van der Waals surface area contributed by atoms with Crippen molar-refractivity contribution in [1.29, 1.82) is 0 Å². The van der Waals surface area contributed by atoms with E-state index in [4.69, 9.17) is 5.84 Å². The highest BCUT2D eigenvalue weighted by molar-refractivity contribution is 8.07. The Bertz CT molecular complexity index is 227. The summed E-state index contributed by atoms with van der Waals surface area (Å²) in [7, 11) is 0. The van der Waals surface area contributed by atoms with E-state index in [-0.39, 0.29) is 0 Å². The monoisotopic (exact) mass is 318 g/mol. The highest BCUT2D eigenvalue weighted by atomic mass is 32.2. The molecular weight excluding hydrogens is 284 g/mol. The third-order valence-corrected chi connectivity index (χ3v) is 7.47. The highest BCUT2D eigenvalue weighted by Gasteiger charge is 2.29. The van der Waals surface area contributed by atoms with Gasteiger partial charge in [-0.3, -0.25) is 11.3 Å². The number of unbranched alkanes of at least 4 members (excludes halogenated alkanes) is 7. The number of nitrogens with one attached hydrogen (secondary N) is 1. The van der Waals surface area contributed by atoms with Crippen LogP contribution in [-0.2, 0) is 0 Å². The zero-order chi connectivity index (χ0) is 14.6. The first-order valence-electron chi connectivity index (χ1n) is 8.49. The Labute approximate surface area is 134 Å². The lowest BCUT2D eigenvalue weighted by Crippen LogP contribution is -2.47. The molecule has 3 N–H and O–H groups in total. The molecule has 1 fully saturated rings. The second-order valence-corrected chi connectivity index (χ2v) is 8.72. The lowest BCUT2D eigenvalue weighted by molar-refractivity contribution is 0.445. The summed E-state index contributed by atoms with van der Waals surface area (Å²) in [6.45, 7) is 4.64. The largest absolute Gasteiger partial charge is 0.271 e. The van der Waals surface area contributed by atoms with Crippen molar-refractivity contribution in [3.8, 4) is 0 Å². The molecule has 0 amide bonds. The van der Waals surface area contributed by atoms with Crippen molar-refractivity contribution < 1.29 is 0 Å². The quantitative estimate of drug-likeness (QED) is 0.332. The van der Waals surface area contributed by atoms with Crippen LogP contribution in [0.25, 0.3) is 0 Å². The molecule has 1 aliphatic rings. The van der Waals surface area contributed by atoms with Crippen LogP contribution in [0.2, 0.25) is 0 Å². The minimum absolute atomic E-state index is 0.503. The van der Waals surface area contributed by atoms with Gasteiger partial charge in [-0.25, -0.2) is 0 Å². The normalized spacial score (nSPS) is 24.8. The summed E-state index contributed by atoms with van der Waals surface area (Å²) in [6.07, 6.45) is 12.4. The van der Waals surface area contributed by atoms with Gasteiger partial charge < -0.3 is 0 Å². The van der Waals surface area contributed by atoms with E-state index in [2.05, 4.69) is 42.8 Å². The molecule has 0 aromatic carbocycles. The van der Waals surface area contributed by atoms with Crippen LogP contribution < -0.4 is 11.3 Å². The summed E-state index contributed by atoms with van der Waals surface area (Å²) in [5, 5.41) is 1.44. The molecule has 120 valence electrons. The number of thioether (sulfide) groups is 2. The molecule has 0 aromatic heterocycles.